The van der Waals surface area contributed by atoms with Crippen molar-refractivity contribution in [3.8, 4) is 11.5 Å². The molecule has 1 fully saturated rings. The fraction of sp³-hybridized carbons (Fsp3) is 0.316. The van der Waals surface area contributed by atoms with E-state index in [4.69, 9.17) is 14.2 Å². The van der Waals surface area contributed by atoms with E-state index in [0.29, 0.717) is 17.1 Å². The van der Waals surface area contributed by atoms with E-state index in [1.54, 1.807) is 18.2 Å². The largest absolute Gasteiger partial charge is 0.454 e. The van der Waals surface area contributed by atoms with Gasteiger partial charge in [-0.2, -0.15) is 0 Å². The van der Waals surface area contributed by atoms with Crippen LogP contribution in [0.3, 0.4) is 0 Å². The molecule has 4 rings (SSSR count). The van der Waals surface area contributed by atoms with Crippen molar-refractivity contribution in [2.75, 3.05) is 38.4 Å². The number of hydrogen-bond donors (Lipinski definition) is 1. The number of rotatable bonds is 4. The first-order valence-electron chi connectivity index (χ1n) is 8.38. The molecule has 0 aromatic heterocycles. The van der Waals surface area contributed by atoms with Crippen LogP contribution in [-0.2, 0) is 11.3 Å². The van der Waals surface area contributed by atoms with Crippen LogP contribution in [0, 0.1) is 0 Å². The number of benzene rings is 2. The van der Waals surface area contributed by atoms with Crippen LogP contribution in [0.5, 0.6) is 11.5 Å². The fourth-order valence-corrected chi connectivity index (χ4v) is 3.01. The van der Waals surface area contributed by atoms with Gasteiger partial charge in [-0.05, 0) is 29.8 Å². The van der Waals surface area contributed by atoms with E-state index in [0.717, 1.165) is 44.1 Å². The van der Waals surface area contributed by atoms with Crippen molar-refractivity contribution in [3.63, 3.8) is 0 Å². The minimum absolute atomic E-state index is 0.160. The van der Waals surface area contributed by atoms with Crippen LogP contribution >= 0.6 is 0 Å². The summed E-state index contributed by atoms with van der Waals surface area (Å²) in [6.45, 7) is 4.32. The van der Waals surface area contributed by atoms with Gasteiger partial charge >= 0.3 is 0 Å². The zero-order valence-electron chi connectivity index (χ0n) is 13.9. The quantitative estimate of drug-likeness (QED) is 0.927. The Labute approximate surface area is 146 Å². The van der Waals surface area contributed by atoms with Crippen molar-refractivity contribution in [2.24, 2.45) is 0 Å². The van der Waals surface area contributed by atoms with Crippen molar-refractivity contribution in [2.45, 2.75) is 6.54 Å². The van der Waals surface area contributed by atoms with Gasteiger partial charge in [-0.25, -0.2) is 0 Å². The number of anilines is 1. The summed E-state index contributed by atoms with van der Waals surface area (Å²) in [6, 6.07) is 13.1. The van der Waals surface area contributed by atoms with Gasteiger partial charge in [0.15, 0.2) is 11.5 Å². The van der Waals surface area contributed by atoms with Gasteiger partial charge in [0.1, 0.15) is 0 Å². The second-order valence-electron chi connectivity index (χ2n) is 6.07. The summed E-state index contributed by atoms with van der Waals surface area (Å²) in [6.07, 6.45) is 0. The molecule has 130 valence electrons. The van der Waals surface area contributed by atoms with Gasteiger partial charge < -0.3 is 19.5 Å². The maximum atomic E-state index is 12.6. The molecular weight excluding hydrogens is 320 g/mol. The van der Waals surface area contributed by atoms with E-state index >= 15 is 0 Å². The normalized spacial score (nSPS) is 16.6. The first kappa shape index (κ1) is 15.9. The first-order valence-corrected chi connectivity index (χ1v) is 8.38. The number of amides is 1. The average molecular weight is 340 g/mol. The Morgan fingerprint density at radius 3 is 2.72 bits per heavy atom. The Hall–Kier alpha value is -2.57. The third kappa shape index (κ3) is 3.60. The molecule has 0 spiro atoms. The van der Waals surface area contributed by atoms with Crippen molar-refractivity contribution >= 4 is 11.6 Å². The molecule has 2 aliphatic heterocycles. The highest BCUT2D eigenvalue weighted by molar-refractivity contribution is 6.05. The first-order chi connectivity index (χ1) is 12.3. The average Bonchev–Trinajstić information content (AvgIpc) is 3.12. The van der Waals surface area contributed by atoms with Gasteiger partial charge in [-0.1, -0.05) is 18.2 Å². The molecule has 2 aromatic carbocycles. The highest BCUT2D eigenvalue weighted by atomic mass is 16.7. The molecule has 0 unspecified atom stereocenters. The lowest BCUT2D eigenvalue weighted by molar-refractivity contribution is 0.0342. The van der Waals surface area contributed by atoms with Crippen molar-refractivity contribution < 1.29 is 19.0 Å². The minimum Gasteiger partial charge on any atom is -0.454 e. The molecule has 1 saturated heterocycles. The molecule has 0 bridgehead atoms. The van der Waals surface area contributed by atoms with Gasteiger partial charge in [0.2, 0.25) is 6.79 Å². The fourth-order valence-electron chi connectivity index (χ4n) is 3.01. The number of carbonyl (C=O) groups is 1. The van der Waals surface area contributed by atoms with Crippen LogP contribution in [-0.4, -0.2) is 43.9 Å². The van der Waals surface area contributed by atoms with Crippen molar-refractivity contribution in [3.05, 3.63) is 53.6 Å². The third-order valence-electron chi connectivity index (χ3n) is 4.40. The number of nitrogens with zero attached hydrogens (tertiary/aromatic N) is 1. The molecule has 6 nitrogen and oxygen atoms in total. The molecular formula is C19H20N2O4. The Bertz CT molecular complexity index is 772. The van der Waals surface area contributed by atoms with E-state index in [-0.39, 0.29) is 12.7 Å². The van der Waals surface area contributed by atoms with E-state index in [9.17, 15) is 4.79 Å². The zero-order valence-corrected chi connectivity index (χ0v) is 13.9. The number of nitrogens with one attached hydrogen (secondary N) is 1. The topological polar surface area (TPSA) is 60.0 Å². The molecule has 25 heavy (non-hydrogen) atoms. The zero-order chi connectivity index (χ0) is 17.1. The molecule has 2 heterocycles. The van der Waals surface area contributed by atoms with Gasteiger partial charge in [0.25, 0.3) is 5.91 Å². The predicted octanol–water partition coefficient (Wildman–Crippen LogP) is 2.50. The van der Waals surface area contributed by atoms with Gasteiger partial charge in [-0.3, -0.25) is 9.69 Å². The summed E-state index contributed by atoms with van der Waals surface area (Å²) in [5, 5.41) is 3.01. The third-order valence-corrected chi connectivity index (χ3v) is 4.40. The van der Waals surface area contributed by atoms with Gasteiger partial charge in [-0.15, -0.1) is 0 Å². The highest BCUT2D eigenvalue weighted by Gasteiger charge is 2.18. The Kier molecular flexibility index (Phi) is 4.54. The number of para-hydroxylation sites is 1. The molecule has 1 amide bonds. The van der Waals surface area contributed by atoms with Crippen LogP contribution in [0.2, 0.25) is 0 Å². The number of carbonyl (C=O) groups excluding carboxylic acids is 1. The minimum atomic E-state index is -0.160. The molecule has 2 aromatic rings. The van der Waals surface area contributed by atoms with E-state index in [2.05, 4.69) is 10.2 Å². The summed E-state index contributed by atoms with van der Waals surface area (Å²) >= 11 is 0. The van der Waals surface area contributed by atoms with Crippen LogP contribution in [0.1, 0.15) is 15.9 Å². The maximum Gasteiger partial charge on any atom is 0.255 e. The van der Waals surface area contributed by atoms with Gasteiger partial charge in [0.05, 0.1) is 13.2 Å². The van der Waals surface area contributed by atoms with Crippen LogP contribution in [0.15, 0.2) is 42.5 Å². The van der Waals surface area contributed by atoms with Crippen LogP contribution < -0.4 is 14.8 Å². The summed E-state index contributed by atoms with van der Waals surface area (Å²) in [5.41, 5.74) is 2.47. The van der Waals surface area contributed by atoms with Crippen molar-refractivity contribution in [1.82, 2.24) is 4.90 Å². The van der Waals surface area contributed by atoms with E-state index in [1.807, 2.05) is 24.3 Å². The summed E-state index contributed by atoms with van der Waals surface area (Å²) in [5.74, 6) is 1.12. The lowest BCUT2D eigenvalue weighted by Gasteiger charge is -2.27. The van der Waals surface area contributed by atoms with Gasteiger partial charge in [0, 0.05) is 30.9 Å². The van der Waals surface area contributed by atoms with Crippen LogP contribution in [0.25, 0.3) is 0 Å². The standard InChI is InChI=1S/C19H20N2O4/c22-19(14-5-6-17-18(11-14)25-13-24-17)20-16-4-2-1-3-15(16)12-21-7-9-23-10-8-21/h1-6,11H,7-10,12-13H2,(H,20,22). The lowest BCUT2D eigenvalue weighted by Crippen LogP contribution is -2.35. The monoisotopic (exact) mass is 340 g/mol. The molecule has 0 saturated carbocycles. The number of fused-ring (bicyclic) bond motifs is 1. The number of ether oxygens (including phenoxy) is 3. The van der Waals surface area contributed by atoms with E-state index in [1.165, 1.54) is 0 Å². The molecule has 2 aliphatic rings. The molecule has 0 aliphatic carbocycles. The van der Waals surface area contributed by atoms with E-state index < -0.39 is 0 Å². The maximum absolute atomic E-state index is 12.6. The second kappa shape index (κ2) is 7.13. The Morgan fingerprint density at radius 1 is 1.04 bits per heavy atom. The Morgan fingerprint density at radius 2 is 1.84 bits per heavy atom. The summed E-state index contributed by atoms with van der Waals surface area (Å²) in [7, 11) is 0. The number of morpholine rings is 1. The van der Waals surface area contributed by atoms with Crippen LogP contribution in [0.4, 0.5) is 5.69 Å². The highest BCUT2D eigenvalue weighted by Crippen LogP contribution is 2.32. The lowest BCUT2D eigenvalue weighted by atomic mass is 10.1. The summed E-state index contributed by atoms with van der Waals surface area (Å²) in [4.78, 5) is 14.9. The molecule has 0 atom stereocenters. The molecule has 1 N–H and O–H groups in total. The second-order valence-corrected chi connectivity index (χ2v) is 6.07. The molecule has 6 heteroatoms. The SMILES string of the molecule is O=C(Nc1ccccc1CN1CCOCC1)c1ccc2c(c1)OCO2. The van der Waals surface area contributed by atoms with Crippen molar-refractivity contribution in [1.29, 1.82) is 0 Å². The summed E-state index contributed by atoms with van der Waals surface area (Å²) < 4.78 is 16.0. The Balaban J connectivity index is 1.49. The molecule has 0 radical (unpaired) electrons. The smallest absolute Gasteiger partial charge is 0.255 e. The number of hydrogen-bond acceptors (Lipinski definition) is 5. The predicted molar refractivity (Wildman–Crippen MR) is 93.1 cm³/mol.